The van der Waals surface area contributed by atoms with Crippen LogP contribution < -0.4 is 20.9 Å². The van der Waals surface area contributed by atoms with Crippen molar-refractivity contribution in [3.8, 4) is 0 Å². The number of benzene rings is 1. The molecule has 3 amide bonds. The molecule has 0 atom stereocenters. The fourth-order valence-corrected chi connectivity index (χ4v) is 2.31. The maximum Gasteiger partial charge on any atom is 0.321 e. The van der Waals surface area contributed by atoms with Gasteiger partial charge < -0.3 is 15.5 Å². The van der Waals surface area contributed by atoms with Crippen LogP contribution >= 0.6 is 0 Å². The van der Waals surface area contributed by atoms with Crippen molar-refractivity contribution in [2.45, 2.75) is 19.9 Å². The van der Waals surface area contributed by atoms with Crippen LogP contribution in [-0.2, 0) is 11.3 Å². The van der Waals surface area contributed by atoms with Gasteiger partial charge in [-0.05, 0) is 18.1 Å². The van der Waals surface area contributed by atoms with Crippen molar-refractivity contribution in [3.63, 3.8) is 0 Å². The Morgan fingerprint density at radius 2 is 2.14 bits per heavy atom. The van der Waals surface area contributed by atoms with Crippen molar-refractivity contribution >= 4 is 17.6 Å². The minimum atomic E-state index is -0.428. The SMILES string of the molecule is CCCNC(=O)NC(=O)CN1CCNCc2ccccc21. The molecule has 3 N–H and O–H groups in total. The molecule has 1 aliphatic heterocycles. The number of urea groups is 1. The number of nitrogens with one attached hydrogen (secondary N) is 3. The van der Waals surface area contributed by atoms with Gasteiger partial charge in [0.15, 0.2) is 0 Å². The molecule has 1 heterocycles. The lowest BCUT2D eigenvalue weighted by atomic mass is 10.1. The monoisotopic (exact) mass is 290 g/mol. The number of hydrogen-bond donors (Lipinski definition) is 3. The molecule has 114 valence electrons. The molecule has 0 saturated carbocycles. The molecule has 0 aromatic heterocycles. The van der Waals surface area contributed by atoms with Crippen molar-refractivity contribution in [2.75, 3.05) is 31.1 Å². The molecule has 1 aliphatic rings. The van der Waals surface area contributed by atoms with Crippen molar-refractivity contribution < 1.29 is 9.59 Å². The molecule has 0 saturated heterocycles. The van der Waals surface area contributed by atoms with Gasteiger partial charge in [0.05, 0.1) is 6.54 Å². The van der Waals surface area contributed by atoms with Crippen LogP contribution in [0.15, 0.2) is 24.3 Å². The first-order valence-electron chi connectivity index (χ1n) is 7.32. The smallest absolute Gasteiger partial charge is 0.321 e. The molecule has 1 aromatic carbocycles. The van der Waals surface area contributed by atoms with Gasteiger partial charge in [-0.25, -0.2) is 4.79 Å². The number of hydrogen-bond acceptors (Lipinski definition) is 4. The highest BCUT2D eigenvalue weighted by Crippen LogP contribution is 2.21. The summed E-state index contributed by atoms with van der Waals surface area (Å²) in [6.07, 6.45) is 0.840. The lowest BCUT2D eigenvalue weighted by molar-refractivity contribution is -0.118. The van der Waals surface area contributed by atoms with Gasteiger partial charge in [0.1, 0.15) is 0 Å². The maximum absolute atomic E-state index is 12.0. The van der Waals surface area contributed by atoms with E-state index >= 15 is 0 Å². The zero-order chi connectivity index (χ0) is 15.1. The maximum atomic E-state index is 12.0. The van der Waals surface area contributed by atoms with Crippen LogP contribution in [0.25, 0.3) is 0 Å². The summed E-state index contributed by atoms with van der Waals surface area (Å²) in [6, 6.07) is 7.58. The van der Waals surface area contributed by atoms with Crippen LogP contribution in [0.3, 0.4) is 0 Å². The van der Waals surface area contributed by atoms with Crippen molar-refractivity contribution in [1.82, 2.24) is 16.0 Å². The topological polar surface area (TPSA) is 73.5 Å². The lowest BCUT2D eigenvalue weighted by Gasteiger charge is -2.23. The third kappa shape index (κ3) is 4.46. The summed E-state index contributed by atoms with van der Waals surface area (Å²) in [5.41, 5.74) is 2.21. The summed E-state index contributed by atoms with van der Waals surface area (Å²) in [5, 5.41) is 8.32. The van der Waals surface area contributed by atoms with Gasteiger partial charge in [-0.3, -0.25) is 10.1 Å². The van der Waals surface area contributed by atoms with Crippen LogP contribution in [0, 0.1) is 0 Å². The molecule has 2 rings (SSSR count). The molecule has 21 heavy (non-hydrogen) atoms. The lowest BCUT2D eigenvalue weighted by Crippen LogP contribution is -2.45. The number of nitrogens with zero attached hydrogens (tertiary/aromatic N) is 1. The Morgan fingerprint density at radius 3 is 2.95 bits per heavy atom. The average molecular weight is 290 g/mol. The van der Waals surface area contributed by atoms with E-state index in [2.05, 4.69) is 16.0 Å². The summed E-state index contributed by atoms with van der Waals surface area (Å²) in [4.78, 5) is 25.5. The molecular formula is C15H22N4O2. The first-order chi connectivity index (χ1) is 10.2. The number of anilines is 1. The molecule has 6 heteroatoms. The van der Waals surface area contributed by atoms with Crippen LogP contribution in [0.5, 0.6) is 0 Å². The molecule has 0 radical (unpaired) electrons. The summed E-state index contributed by atoms with van der Waals surface area (Å²) < 4.78 is 0. The van der Waals surface area contributed by atoms with Crippen molar-refractivity contribution in [3.05, 3.63) is 29.8 Å². The second-order valence-electron chi connectivity index (χ2n) is 5.03. The van der Waals surface area contributed by atoms with E-state index in [1.165, 1.54) is 5.56 Å². The third-order valence-electron chi connectivity index (χ3n) is 3.33. The number of fused-ring (bicyclic) bond motifs is 1. The first-order valence-corrected chi connectivity index (χ1v) is 7.32. The number of rotatable bonds is 4. The highest BCUT2D eigenvalue weighted by molar-refractivity contribution is 5.96. The predicted molar refractivity (Wildman–Crippen MR) is 82.2 cm³/mol. The molecule has 0 unspecified atom stereocenters. The summed E-state index contributed by atoms with van der Waals surface area (Å²) in [5.74, 6) is -0.291. The zero-order valence-electron chi connectivity index (χ0n) is 12.3. The highest BCUT2D eigenvalue weighted by Gasteiger charge is 2.18. The number of imide groups is 1. The predicted octanol–water partition coefficient (Wildman–Crippen LogP) is 0.832. The van der Waals surface area contributed by atoms with Crippen LogP contribution in [0.2, 0.25) is 0 Å². The van der Waals surface area contributed by atoms with Crippen LogP contribution in [0.1, 0.15) is 18.9 Å². The van der Waals surface area contributed by atoms with E-state index in [0.717, 1.165) is 31.7 Å². The Hall–Kier alpha value is -2.08. The Labute approximate surface area is 124 Å². The molecule has 0 fully saturated rings. The van der Waals surface area contributed by atoms with Gasteiger partial charge >= 0.3 is 6.03 Å². The fraction of sp³-hybridized carbons (Fsp3) is 0.467. The van der Waals surface area contributed by atoms with Crippen LogP contribution in [-0.4, -0.2) is 38.1 Å². The van der Waals surface area contributed by atoms with Gasteiger partial charge in [-0.2, -0.15) is 0 Å². The summed E-state index contributed by atoms with van der Waals surface area (Å²) in [6.45, 7) is 5.05. The summed E-state index contributed by atoms with van der Waals surface area (Å²) >= 11 is 0. The number of carbonyl (C=O) groups is 2. The third-order valence-corrected chi connectivity index (χ3v) is 3.33. The van der Waals surface area contributed by atoms with Gasteiger partial charge in [0.2, 0.25) is 5.91 Å². The standard InChI is InChI=1S/C15H22N4O2/c1-2-7-17-15(21)18-14(20)11-19-9-8-16-10-12-5-3-4-6-13(12)19/h3-6,16H,2,7-11H2,1H3,(H2,17,18,20,21). The van der Waals surface area contributed by atoms with Gasteiger partial charge in [-0.1, -0.05) is 25.1 Å². The Morgan fingerprint density at radius 1 is 1.33 bits per heavy atom. The minimum absolute atomic E-state index is 0.179. The van der Waals surface area contributed by atoms with Gasteiger partial charge in [0.25, 0.3) is 0 Å². The normalized spacial score (nSPS) is 14.0. The Bertz CT molecular complexity index is 504. The van der Waals surface area contributed by atoms with Crippen molar-refractivity contribution in [1.29, 1.82) is 0 Å². The van der Waals surface area contributed by atoms with E-state index < -0.39 is 6.03 Å². The highest BCUT2D eigenvalue weighted by atomic mass is 16.2. The first kappa shape index (κ1) is 15.3. The quantitative estimate of drug-likeness (QED) is 0.768. The van der Waals surface area contributed by atoms with Gasteiger partial charge in [0, 0.05) is 31.9 Å². The largest absolute Gasteiger partial charge is 0.361 e. The number of carbonyl (C=O) groups excluding carboxylic acids is 2. The van der Waals surface area contributed by atoms with E-state index in [-0.39, 0.29) is 12.5 Å². The Kier molecular flexibility index (Phi) is 5.57. The van der Waals surface area contributed by atoms with Crippen molar-refractivity contribution in [2.24, 2.45) is 0 Å². The minimum Gasteiger partial charge on any atom is -0.361 e. The summed E-state index contributed by atoms with van der Waals surface area (Å²) in [7, 11) is 0. The van der Waals surface area contributed by atoms with Gasteiger partial charge in [-0.15, -0.1) is 0 Å². The van der Waals surface area contributed by atoms with E-state index in [9.17, 15) is 9.59 Å². The molecule has 6 nitrogen and oxygen atoms in total. The molecule has 1 aromatic rings. The number of para-hydroxylation sites is 1. The zero-order valence-corrected chi connectivity index (χ0v) is 12.3. The average Bonchev–Trinajstić information content (AvgIpc) is 2.68. The molecule has 0 aliphatic carbocycles. The molecule has 0 bridgehead atoms. The van der Waals surface area contributed by atoms with E-state index in [1.54, 1.807) is 0 Å². The second kappa shape index (κ2) is 7.64. The second-order valence-corrected chi connectivity index (χ2v) is 5.03. The fourth-order valence-electron chi connectivity index (χ4n) is 2.31. The molecular weight excluding hydrogens is 268 g/mol. The van der Waals surface area contributed by atoms with E-state index in [1.807, 2.05) is 36.1 Å². The van der Waals surface area contributed by atoms with E-state index in [4.69, 9.17) is 0 Å². The van der Waals surface area contributed by atoms with E-state index in [0.29, 0.717) is 6.54 Å². The van der Waals surface area contributed by atoms with Crippen LogP contribution in [0.4, 0.5) is 10.5 Å². The number of amides is 3. The molecule has 0 spiro atoms. The Balaban J connectivity index is 1.96.